The number of benzene rings is 1. The quantitative estimate of drug-likeness (QED) is 0.295. The first kappa shape index (κ1) is 34.2. The Kier molecular flexibility index (Phi) is 9.59. The van der Waals surface area contributed by atoms with Crippen LogP contribution in [0.2, 0.25) is 0 Å². The summed E-state index contributed by atoms with van der Waals surface area (Å²) >= 11 is 0.903. The number of hydrogen-bond donors (Lipinski definition) is 0. The van der Waals surface area contributed by atoms with Crippen molar-refractivity contribution in [1.29, 1.82) is 5.26 Å². The zero-order valence-electron chi connectivity index (χ0n) is 26.2. The lowest BCUT2D eigenvalue weighted by atomic mass is 10.0. The van der Waals surface area contributed by atoms with E-state index in [0.717, 1.165) is 28.0 Å². The number of fused-ring (bicyclic) bond motifs is 1. The highest BCUT2D eigenvalue weighted by Crippen LogP contribution is 2.38. The average molecular weight is 652 g/mol. The molecule has 0 amide bonds. The third kappa shape index (κ3) is 6.95. The molecule has 1 aliphatic rings. The molecule has 0 N–H and O–H groups in total. The molecule has 0 saturated carbocycles. The van der Waals surface area contributed by atoms with Gasteiger partial charge in [0.1, 0.15) is 38.8 Å². The summed E-state index contributed by atoms with van der Waals surface area (Å²) in [5.41, 5.74) is -5.04. The van der Waals surface area contributed by atoms with E-state index in [1.54, 1.807) is 27.7 Å². The minimum absolute atomic E-state index is 0.0357. The van der Waals surface area contributed by atoms with Crippen molar-refractivity contribution in [2.24, 2.45) is 0 Å². The van der Waals surface area contributed by atoms with Gasteiger partial charge in [-0.15, -0.1) is 11.3 Å². The highest BCUT2D eigenvalue weighted by Gasteiger charge is 2.39. The van der Waals surface area contributed by atoms with Crippen LogP contribution in [0.1, 0.15) is 75.1 Å². The molecule has 0 aliphatic carbocycles. The summed E-state index contributed by atoms with van der Waals surface area (Å²) in [7, 11) is 1.31. The first-order valence-corrected chi connectivity index (χ1v) is 15.1. The molecule has 14 heteroatoms. The van der Waals surface area contributed by atoms with Gasteiger partial charge in [0, 0.05) is 18.8 Å². The van der Waals surface area contributed by atoms with Crippen molar-refractivity contribution in [2.45, 2.75) is 90.5 Å². The minimum Gasteiger partial charge on any atom is -0.496 e. The molecule has 1 aliphatic heterocycles. The summed E-state index contributed by atoms with van der Waals surface area (Å²) in [5.74, 6) is -0.741. The minimum atomic E-state index is -4.68. The van der Waals surface area contributed by atoms with E-state index >= 15 is 0 Å². The van der Waals surface area contributed by atoms with Crippen LogP contribution in [0.4, 0.5) is 13.2 Å². The fraction of sp³-hybridized carbons (Fsp3) is 0.548. The van der Waals surface area contributed by atoms with Crippen LogP contribution in [0.5, 0.6) is 5.75 Å². The number of aryl methyl sites for hydroxylation is 1. The number of halogens is 3. The number of hydrogen-bond acceptors (Lipinski definition) is 9. The molecule has 0 spiro atoms. The van der Waals surface area contributed by atoms with Gasteiger partial charge in [-0.25, -0.2) is 14.2 Å². The van der Waals surface area contributed by atoms with Crippen LogP contribution in [0.3, 0.4) is 0 Å². The van der Waals surface area contributed by atoms with Gasteiger partial charge in [-0.2, -0.15) is 18.4 Å². The molecule has 0 radical (unpaired) electrons. The zero-order chi connectivity index (χ0) is 33.5. The van der Waals surface area contributed by atoms with Crippen LogP contribution >= 0.6 is 11.3 Å². The fourth-order valence-corrected chi connectivity index (χ4v) is 6.29. The van der Waals surface area contributed by atoms with Gasteiger partial charge in [-0.05, 0) is 78.1 Å². The van der Waals surface area contributed by atoms with E-state index in [-0.39, 0.29) is 33.0 Å². The fourth-order valence-electron chi connectivity index (χ4n) is 5.19. The number of aromatic nitrogens is 2. The van der Waals surface area contributed by atoms with Crippen molar-refractivity contribution in [3.8, 4) is 11.8 Å². The van der Waals surface area contributed by atoms with E-state index in [2.05, 4.69) is 0 Å². The number of carbonyl (C=O) groups is 1. The molecule has 1 fully saturated rings. The second-order valence-electron chi connectivity index (χ2n) is 12.3. The van der Waals surface area contributed by atoms with Gasteiger partial charge in [-0.1, -0.05) is 0 Å². The summed E-state index contributed by atoms with van der Waals surface area (Å²) in [5, 5.41) is 9.83. The largest absolute Gasteiger partial charge is 0.496 e. The Labute approximate surface area is 261 Å². The molecule has 0 bridgehead atoms. The van der Waals surface area contributed by atoms with Crippen molar-refractivity contribution in [3.63, 3.8) is 0 Å². The highest BCUT2D eigenvalue weighted by molar-refractivity contribution is 7.19. The topological polar surface area (TPSA) is 122 Å². The number of methoxy groups -OCH3 is 1. The highest BCUT2D eigenvalue weighted by atomic mass is 32.1. The number of thiophene rings is 1. The van der Waals surface area contributed by atoms with Crippen LogP contribution in [0.15, 0.2) is 27.8 Å². The molecule has 244 valence electrons. The summed E-state index contributed by atoms with van der Waals surface area (Å²) < 4.78 is 66.4. The SMILES string of the molecule is COc1ccc(C(F)(F)F)cc1C(Cn1c(=O)n(C(C)(C)C(=O)OC(C)(C)C)c(=O)c2c(C)c(C#N)sc21)OC1CCOCC1. The molecular weight excluding hydrogens is 615 g/mol. The molecule has 4 rings (SSSR count). The van der Waals surface area contributed by atoms with Gasteiger partial charge in [-0.3, -0.25) is 9.36 Å². The van der Waals surface area contributed by atoms with Gasteiger partial charge in [0.15, 0.2) is 0 Å². The van der Waals surface area contributed by atoms with Gasteiger partial charge >= 0.3 is 17.8 Å². The van der Waals surface area contributed by atoms with Gasteiger partial charge in [0.05, 0.1) is 30.7 Å². The maximum absolute atomic E-state index is 14.3. The lowest BCUT2D eigenvalue weighted by Gasteiger charge is -2.31. The Balaban J connectivity index is 2.00. The van der Waals surface area contributed by atoms with Crippen LogP contribution in [0, 0.1) is 18.3 Å². The van der Waals surface area contributed by atoms with Crippen LogP contribution in [-0.4, -0.2) is 47.1 Å². The summed E-state index contributed by atoms with van der Waals surface area (Å²) in [6, 6.07) is 5.04. The maximum atomic E-state index is 14.3. The lowest BCUT2D eigenvalue weighted by molar-refractivity contribution is -0.164. The van der Waals surface area contributed by atoms with Crippen molar-refractivity contribution in [1.82, 2.24) is 9.13 Å². The van der Waals surface area contributed by atoms with E-state index < -0.39 is 52.3 Å². The van der Waals surface area contributed by atoms with Crippen molar-refractivity contribution in [2.75, 3.05) is 20.3 Å². The number of ether oxygens (including phenoxy) is 4. The first-order valence-electron chi connectivity index (χ1n) is 14.3. The molecule has 10 nitrogen and oxygen atoms in total. The van der Waals surface area contributed by atoms with Crippen molar-refractivity contribution >= 4 is 27.5 Å². The van der Waals surface area contributed by atoms with E-state index in [1.165, 1.54) is 31.6 Å². The second kappa shape index (κ2) is 12.6. The molecule has 45 heavy (non-hydrogen) atoms. The molecule has 1 unspecified atom stereocenters. The van der Waals surface area contributed by atoms with Crippen molar-refractivity contribution in [3.05, 3.63) is 60.6 Å². The van der Waals surface area contributed by atoms with Crippen molar-refractivity contribution < 1.29 is 36.9 Å². The van der Waals surface area contributed by atoms with Gasteiger partial charge < -0.3 is 18.9 Å². The Morgan fingerprint density at radius 3 is 2.36 bits per heavy atom. The second-order valence-corrected chi connectivity index (χ2v) is 13.3. The zero-order valence-corrected chi connectivity index (χ0v) is 27.0. The first-order chi connectivity index (χ1) is 20.9. The van der Waals surface area contributed by atoms with E-state index in [9.17, 15) is 32.8 Å². The number of rotatable bonds is 8. The van der Waals surface area contributed by atoms with Gasteiger partial charge in [0.25, 0.3) is 5.56 Å². The third-order valence-electron chi connectivity index (χ3n) is 7.55. The van der Waals surface area contributed by atoms with Crippen LogP contribution in [0.25, 0.3) is 10.2 Å². The number of esters is 1. The van der Waals surface area contributed by atoms with E-state index in [1.807, 2.05) is 6.07 Å². The Bertz CT molecular complexity index is 1750. The summed E-state index contributed by atoms with van der Waals surface area (Å²) in [6.45, 7) is 9.65. The molecule has 3 aromatic rings. The average Bonchev–Trinajstić information content (AvgIpc) is 3.29. The number of nitriles is 1. The third-order valence-corrected chi connectivity index (χ3v) is 8.77. The summed E-state index contributed by atoms with van der Waals surface area (Å²) in [6.07, 6.45) is -5.34. The normalized spacial score (nSPS) is 15.6. The number of nitrogens with zero attached hydrogens (tertiary/aromatic N) is 3. The van der Waals surface area contributed by atoms with Crippen LogP contribution in [-0.2, 0) is 37.3 Å². The number of alkyl halides is 3. The molecule has 1 atom stereocenters. The standard InChI is InChI=1S/C31H36F3N3O7S/c1-17-23(15-35)45-26-24(17)25(38)37(30(5,6)27(39)44-29(2,3)4)28(40)36(26)16-22(43-19-10-12-42-13-11-19)20-14-18(31(32,33)34)8-9-21(20)41-7/h8-9,14,19,22H,10-13,16H2,1-7H3. The van der Waals surface area contributed by atoms with E-state index in [4.69, 9.17) is 18.9 Å². The maximum Gasteiger partial charge on any atom is 0.416 e. The Morgan fingerprint density at radius 2 is 1.80 bits per heavy atom. The molecule has 1 aromatic carbocycles. The predicted molar refractivity (Wildman–Crippen MR) is 161 cm³/mol. The molecule has 1 saturated heterocycles. The predicted octanol–water partition coefficient (Wildman–Crippen LogP) is 5.45. The monoisotopic (exact) mass is 651 g/mol. The summed E-state index contributed by atoms with van der Waals surface area (Å²) in [4.78, 5) is 41.9. The Morgan fingerprint density at radius 1 is 1.16 bits per heavy atom. The Hall–Kier alpha value is -3.67. The molecule has 2 aromatic heterocycles. The molecule has 3 heterocycles. The molecular formula is C31H36F3N3O7S. The lowest BCUT2D eigenvalue weighted by Crippen LogP contribution is -2.54. The van der Waals surface area contributed by atoms with E-state index in [0.29, 0.717) is 31.6 Å². The smallest absolute Gasteiger partial charge is 0.416 e. The van der Waals surface area contributed by atoms with Crippen LogP contribution < -0.4 is 16.0 Å². The van der Waals surface area contributed by atoms with Gasteiger partial charge in [0.2, 0.25) is 0 Å². The number of carbonyl (C=O) groups excluding carboxylic acids is 1.